The van der Waals surface area contributed by atoms with Crippen LogP contribution in [0.5, 0.6) is 0 Å². The normalized spacial score (nSPS) is 12.4. The van der Waals surface area contributed by atoms with Gasteiger partial charge in [-0.3, -0.25) is 14.9 Å². The first-order chi connectivity index (χ1) is 12.3. The van der Waals surface area contributed by atoms with Crippen LogP contribution >= 0.6 is 0 Å². The van der Waals surface area contributed by atoms with E-state index in [0.29, 0.717) is 0 Å². The van der Waals surface area contributed by atoms with Crippen molar-refractivity contribution in [1.82, 2.24) is 20.9 Å². The van der Waals surface area contributed by atoms with Gasteiger partial charge in [-0.15, -0.1) is 0 Å². The molecule has 0 saturated carbocycles. The largest absolute Gasteiger partial charge is 0.480 e. The Bertz CT molecular complexity index is 708. The van der Waals surface area contributed by atoms with Crippen LogP contribution in [0.2, 0.25) is 0 Å². The summed E-state index contributed by atoms with van der Waals surface area (Å²) in [6.07, 6.45) is 1.48. The lowest BCUT2D eigenvalue weighted by molar-refractivity contribution is -0.141. The van der Waals surface area contributed by atoms with Gasteiger partial charge in [0.05, 0.1) is 12.4 Å². The van der Waals surface area contributed by atoms with E-state index < -0.39 is 29.6 Å². The number of halogens is 1. The number of nitrogens with zero attached hydrogens (tertiary/aromatic N) is 1. The lowest BCUT2D eigenvalue weighted by atomic mass is 10.2. The summed E-state index contributed by atoms with van der Waals surface area (Å²) in [6.45, 7) is 2.61. The molecule has 2 amide bonds. The van der Waals surface area contributed by atoms with E-state index in [1.54, 1.807) is 6.92 Å². The molecule has 0 bridgehead atoms. The van der Waals surface area contributed by atoms with Crippen LogP contribution in [-0.4, -0.2) is 45.8 Å². The SMILES string of the molecule is C/C=C(\NC(=O)c1ccc(F)c(CNCO)n1)C(=O)N[C@@H](CC)C(=O)O. The summed E-state index contributed by atoms with van der Waals surface area (Å²) < 4.78 is 13.6. The average molecular weight is 368 g/mol. The van der Waals surface area contributed by atoms with Crippen molar-refractivity contribution < 1.29 is 29.0 Å². The number of pyridine rings is 1. The van der Waals surface area contributed by atoms with Crippen molar-refractivity contribution in [2.24, 2.45) is 0 Å². The number of amides is 2. The number of aromatic nitrogens is 1. The molecule has 0 aliphatic rings. The van der Waals surface area contributed by atoms with E-state index in [0.717, 1.165) is 12.1 Å². The summed E-state index contributed by atoms with van der Waals surface area (Å²) >= 11 is 0. The summed E-state index contributed by atoms with van der Waals surface area (Å²) in [5, 5.41) is 24.7. The molecule has 9 nitrogen and oxygen atoms in total. The number of aliphatic carboxylic acids is 1. The van der Waals surface area contributed by atoms with Gasteiger partial charge >= 0.3 is 5.97 Å². The molecule has 1 rings (SSSR count). The summed E-state index contributed by atoms with van der Waals surface area (Å²) in [5.41, 5.74) is -0.371. The van der Waals surface area contributed by atoms with E-state index in [-0.39, 0.29) is 36.8 Å². The summed E-state index contributed by atoms with van der Waals surface area (Å²) in [5.74, 6) is -3.37. The minimum absolute atomic E-state index is 0.0740. The molecule has 0 unspecified atom stereocenters. The highest BCUT2D eigenvalue weighted by Gasteiger charge is 2.21. The molecule has 0 aliphatic carbocycles. The smallest absolute Gasteiger partial charge is 0.326 e. The summed E-state index contributed by atoms with van der Waals surface area (Å²) in [7, 11) is 0. The Kier molecular flexibility index (Phi) is 8.32. The van der Waals surface area contributed by atoms with E-state index in [1.807, 2.05) is 0 Å². The first kappa shape index (κ1) is 21.2. The molecule has 5 N–H and O–H groups in total. The Morgan fingerprint density at radius 2 is 2.04 bits per heavy atom. The molecule has 0 radical (unpaired) electrons. The lowest BCUT2D eigenvalue weighted by Gasteiger charge is -2.15. The maximum absolute atomic E-state index is 13.6. The second kappa shape index (κ2) is 10.2. The minimum atomic E-state index is -1.19. The van der Waals surface area contributed by atoms with Crippen LogP contribution in [0.15, 0.2) is 23.9 Å². The van der Waals surface area contributed by atoms with Gasteiger partial charge in [0, 0.05) is 6.54 Å². The Hall–Kier alpha value is -2.85. The zero-order valence-corrected chi connectivity index (χ0v) is 14.4. The van der Waals surface area contributed by atoms with Crippen LogP contribution in [0.4, 0.5) is 4.39 Å². The van der Waals surface area contributed by atoms with Crippen molar-refractivity contribution >= 4 is 17.8 Å². The molecular formula is C16H21FN4O5. The van der Waals surface area contributed by atoms with E-state index in [9.17, 15) is 18.8 Å². The Morgan fingerprint density at radius 3 is 2.58 bits per heavy atom. The van der Waals surface area contributed by atoms with Crippen molar-refractivity contribution in [2.45, 2.75) is 32.9 Å². The third-order valence-corrected chi connectivity index (χ3v) is 3.35. The van der Waals surface area contributed by atoms with E-state index in [1.165, 1.54) is 13.0 Å². The Morgan fingerprint density at radius 1 is 1.35 bits per heavy atom. The predicted octanol–water partition coefficient (Wildman–Crippen LogP) is -0.127. The van der Waals surface area contributed by atoms with Gasteiger partial charge in [0.1, 0.15) is 23.3 Å². The number of hydrogen-bond acceptors (Lipinski definition) is 6. The molecule has 142 valence electrons. The van der Waals surface area contributed by atoms with Crippen LogP contribution in [-0.2, 0) is 16.1 Å². The molecule has 10 heteroatoms. The van der Waals surface area contributed by atoms with E-state index in [4.69, 9.17) is 10.2 Å². The number of allylic oxidation sites excluding steroid dienone is 1. The Labute approximate surface area is 149 Å². The van der Waals surface area contributed by atoms with Gasteiger partial charge in [-0.25, -0.2) is 14.2 Å². The molecule has 1 aromatic heterocycles. The second-order valence-electron chi connectivity index (χ2n) is 5.14. The topological polar surface area (TPSA) is 141 Å². The fourth-order valence-electron chi connectivity index (χ4n) is 1.93. The molecule has 0 fully saturated rings. The predicted molar refractivity (Wildman–Crippen MR) is 89.2 cm³/mol. The number of carboxylic acid groups (broad SMARTS) is 1. The quantitative estimate of drug-likeness (QED) is 0.302. The molecule has 0 aromatic carbocycles. The van der Waals surface area contributed by atoms with Crippen molar-refractivity contribution in [2.75, 3.05) is 6.73 Å². The van der Waals surface area contributed by atoms with Crippen molar-refractivity contribution in [3.8, 4) is 0 Å². The first-order valence-electron chi connectivity index (χ1n) is 7.82. The average Bonchev–Trinajstić information content (AvgIpc) is 2.62. The zero-order chi connectivity index (χ0) is 19.7. The summed E-state index contributed by atoms with van der Waals surface area (Å²) in [6, 6.07) is 1.10. The van der Waals surface area contributed by atoms with Crippen molar-refractivity contribution in [1.29, 1.82) is 0 Å². The number of hydrogen-bond donors (Lipinski definition) is 5. The molecule has 1 aromatic rings. The van der Waals surface area contributed by atoms with Gasteiger partial charge in [0.2, 0.25) is 0 Å². The highest BCUT2D eigenvalue weighted by molar-refractivity contribution is 6.02. The standard InChI is InChI=1S/C16H21FN4O5/c1-3-10(14(23)21-11(4-2)16(25)26)20-15(24)12-6-5-9(17)13(19-12)7-18-8-22/h3,5-6,11,18,22H,4,7-8H2,1-2H3,(H,20,24)(H,21,23)(H,25,26)/b10-3-/t11-/m0/s1. The number of carbonyl (C=O) groups excluding carboxylic acids is 2. The molecule has 1 heterocycles. The third-order valence-electron chi connectivity index (χ3n) is 3.35. The molecule has 0 spiro atoms. The summed E-state index contributed by atoms with van der Waals surface area (Å²) in [4.78, 5) is 39.2. The molecule has 1 atom stereocenters. The molecule has 26 heavy (non-hydrogen) atoms. The fourth-order valence-corrected chi connectivity index (χ4v) is 1.93. The maximum Gasteiger partial charge on any atom is 0.326 e. The minimum Gasteiger partial charge on any atom is -0.480 e. The van der Waals surface area contributed by atoms with Crippen LogP contribution in [0.1, 0.15) is 36.5 Å². The van der Waals surface area contributed by atoms with Crippen LogP contribution in [0, 0.1) is 5.82 Å². The lowest BCUT2D eigenvalue weighted by Crippen LogP contribution is -2.44. The fraction of sp³-hybridized carbons (Fsp3) is 0.375. The van der Waals surface area contributed by atoms with E-state index in [2.05, 4.69) is 20.9 Å². The van der Waals surface area contributed by atoms with Crippen molar-refractivity contribution in [3.63, 3.8) is 0 Å². The highest BCUT2D eigenvalue weighted by atomic mass is 19.1. The van der Waals surface area contributed by atoms with Gasteiger partial charge in [-0.2, -0.15) is 0 Å². The van der Waals surface area contributed by atoms with Gasteiger partial charge in [-0.05, 0) is 25.5 Å². The first-order valence-corrected chi connectivity index (χ1v) is 7.82. The highest BCUT2D eigenvalue weighted by Crippen LogP contribution is 2.07. The second-order valence-corrected chi connectivity index (χ2v) is 5.14. The number of nitrogens with one attached hydrogen (secondary N) is 3. The van der Waals surface area contributed by atoms with Gasteiger partial charge in [-0.1, -0.05) is 13.0 Å². The number of aliphatic hydroxyl groups is 1. The number of carboxylic acids is 1. The van der Waals surface area contributed by atoms with Crippen LogP contribution in [0.3, 0.4) is 0 Å². The molecule has 0 saturated heterocycles. The monoisotopic (exact) mass is 368 g/mol. The molecule has 0 aliphatic heterocycles. The van der Waals surface area contributed by atoms with Crippen molar-refractivity contribution in [3.05, 3.63) is 41.1 Å². The van der Waals surface area contributed by atoms with Crippen LogP contribution < -0.4 is 16.0 Å². The number of rotatable bonds is 9. The maximum atomic E-state index is 13.6. The zero-order valence-electron chi connectivity index (χ0n) is 14.4. The van der Waals surface area contributed by atoms with Gasteiger partial charge < -0.3 is 20.8 Å². The van der Waals surface area contributed by atoms with E-state index >= 15 is 0 Å². The third kappa shape index (κ3) is 5.90. The number of carbonyl (C=O) groups is 3. The number of aliphatic hydroxyl groups excluding tert-OH is 1. The van der Waals surface area contributed by atoms with Gasteiger partial charge in [0.25, 0.3) is 11.8 Å². The van der Waals surface area contributed by atoms with Gasteiger partial charge in [0.15, 0.2) is 0 Å². The Balaban J connectivity index is 2.87. The van der Waals surface area contributed by atoms with Crippen LogP contribution in [0.25, 0.3) is 0 Å². The molecular weight excluding hydrogens is 347 g/mol.